The topological polar surface area (TPSA) is 112 Å². The van der Waals surface area contributed by atoms with Gasteiger partial charge < -0.3 is 15.5 Å². The largest absolute Gasteiger partial charge is 0.479 e. The number of rotatable bonds is 5. The number of aliphatic carboxylic acids is 1. The number of carboxylic acid groups (broad SMARTS) is 1. The normalized spacial score (nSPS) is 11.9. The Kier molecular flexibility index (Phi) is 4.99. The Morgan fingerprint density at radius 3 is 2.72 bits per heavy atom. The zero-order chi connectivity index (χ0) is 13.7. The van der Waals surface area contributed by atoms with Gasteiger partial charge >= 0.3 is 5.97 Å². The molecule has 1 atom stereocenters. The summed E-state index contributed by atoms with van der Waals surface area (Å²) in [7, 11) is 0. The highest BCUT2D eigenvalue weighted by molar-refractivity contribution is 6.28. The zero-order valence-electron chi connectivity index (χ0n) is 9.55. The van der Waals surface area contributed by atoms with Gasteiger partial charge in [0.2, 0.25) is 5.28 Å². The maximum absolute atomic E-state index is 11.6. The van der Waals surface area contributed by atoms with E-state index in [2.05, 4.69) is 15.3 Å². The Labute approximate surface area is 108 Å². The molecular weight excluding hydrogens is 262 g/mol. The first-order valence-electron chi connectivity index (χ1n) is 5.10. The summed E-state index contributed by atoms with van der Waals surface area (Å²) < 4.78 is 0. The minimum Gasteiger partial charge on any atom is -0.479 e. The van der Waals surface area contributed by atoms with Crippen molar-refractivity contribution in [3.05, 3.63) is 22.7 Å². The molecule has 98 valence electrons. The van der Waals surface area contributed by atoms with Crippen molar-refractivity contribution in [1.29, 1.82) is 0 Å². The number of nitrogens with one attached hydrogen (secondary N) is 1. The number of aliphatic hydroxyl groups is 1. The first kappa shape index (κ1) is 14.3. The van der Waals surface area contributed by atoms with Crippen molar-refractivity contribution < 1.29 is 19.8 Å². The summed E-state index contributed by atoms with van der Waals surface area (Å²) in [5.41, 5.74) is 0.642. The van der Waals surface area contributed by atoms with E-state index in [9.17, 15) is 9.59 Å². The molecule has 0 aliphatic carbocycles. The first-order chi connectivity index (χ1) is 8.40. The van der Waals surface area contributed by atoms with Crippen LogP contribution in [0.3, 0.4) is 0 Å². The van der Waals surface area contributed by atoms with Crippen molar-refractivity contribution in [3.63, 3.8) is 0 Å². The fraction of sp³-hybridized carbons (Fsp3) is 0.400. The Hall–Kier alpha value is -1.73. The third-order valence-corrected chi connectivity index (χ3v) is 2.22. The monoisotopic (exact) mass is 273 g/mol. The minimum absolute atomic E-state index is 0.0208. The molecule has 3 N–H and O–H groups in total. The minimum atomic E-state index is -1.50. The van der Waals surface area contributed by atoms with Crippen LogP contribution in [0.1, 0.15) is 22.6 Å². The van der Waals surface area contributed by atoms with Crippen LogP contribution in [0.2, 0.25) is 5.28 Å². The predicted octanol–water partition coefficient (Wildman–Crippen LogP) is 0.00382. The van der Waals surface area contributed by atoms with Crippen molar-refractivity contribution in [2.75, 3.05) is 6.54 Å². The van der Waals surface area contributed by atoms with Crippen molar-refractivity contribution >= 4 is 23.5 Å². The SMILES string of the molecule is Cc1cc(C(=O)NCC[C@H](O)C(=O)O)nc(Cl)n1. The number of hydrogen-bond acceptors (Lipinski definition) is 5. The summed E-state index contributed by atoms with van der Waals surface area (Å²) >= 11 is 5.60. The van der Waals surface area contributed by atoms with Gasteiger partial charge in [-0.05, 0) is 24.6 Å². The van der Waals surface area contributed by atoms with Crippen LogP contribution >= 0.6 is 11.6 Å². The van der Waals surface area contributed by atoms with Crippen LogP contribution in [0.15, 0.2) is 6.07 Å². The lowest BCUT2D eigenvalue weighted by molar-refractivity contribution is -0.146. The molecule has 0 saturated carbocycles. The summed E-state index contributed by atoms with van der Waals surface area (Å²) in [5.74, 6) is -1.83. The van der Waals surface area contributed by atoms with Gasteiger partial charge in [-0.3, -0.25) is 4.79 Å². The number of nitrogens with zero attached hydrogens (tertiary/aromatic N) is 2. The number of aryl methyl sites for hydroxylation is 1. The van der Waals surface area contributed by atoms with Gasteiger partial charge in [-0.25, -0.2) is 14.8 Å². The molecule has 1 aromatic rings. The van der Waals surface area contributed by atoms with E-state index >= 15 is 0 Å². The van der Waals surface area contributed by atoms with Gasteiger partial charge in [-0.15, -0.1) is 0 Å². The number of aromatic nitrogens is 2. The van der Waals surface area contributed by atoms with Gasteiger partial charge in [0.25, 0.3) is 5.91 Å². The number of halogens is 1. The number of carbonyl (C=O) groups excluding carboxylic acids is 1. The van der Waals surface area contributed by atoms with Crippen LogP contribution in [-0.4, -0.2) is 44.7 Å². The van der Waals surface area contributed by atoms with Crippen LogP contribution in [0.4, 0.5) is 0 Å². The quantitative estimate of drug-likeness (QED) is 0.651. The molecule has 8 heteroatoms. The number of hydrogen-bond donors (Lipinski definition) is 3. The van der Waals surface area contributed by atoms with Gasteiger partial charge in [0.15, 0.2) is 6.10 Å². The Bertz CT molecular complexity index is 446. The fourth-order valence-electron chi connectivity index (χ4n) is 1.19. The second-order valence-corrected chi connectivity index (χ2v) is 3.90. The van der Waals surface area contributed by atoms with Gasteiger partial charge in [-0.2, -0.15) is 0 Å². The average molecular weight is 274 g/mol. The molecule has 0 fully saturated rings. The zero-order valence-corrected chi connectivity index (χ0v) is 10.3. The van der Waals surface area contributed by atoms with Gasteiger partial charge in [-0.1, -0.05) is 0 Å². The lowest BCUT2D eigenvalue weighted by Gasteiger charge is -2.07. The molecule has 1 aromatic heterocycles. The van der Waals surface area contributed by atoms with Crippen molar-refractivity contribution in [1.82, 2.24) is 15.3 Å². The molecule has 0 aliphatic rings. The molecule has 1 rings (SSSR count). The molecular formula is C10H12ClN3O4. The number of aliphatic hydroxyl groups excluding tert-OH is 1. The highest BCUT2D eigenvalue weighted by atomic mass is 35.5. The molecule has 0 aliphatic heterocycles. The summed E-state index contributed by atoms with van der Waals surface area (Å²) in [6, 6.07) is 1.45. The summed E-state index contributed by atoms with van der Waals surface area (Å²) in [6.45, 7) is 1.69. The molecule has 0 unspecified atom stereocenters. The number of carbonyl (C=O) groups is 2. The molecule has 0 saturated heterocycles. The van der Waals surface area contributed by atoms with E-state index in [0.717, 1.165) is 0 Å². The summed E-state index contributed by atoms with van der Waals surface area (Å²) in [6.07, 6.45) is -1.58. The predicted molar refractivity (Wildman–Crippen MR) is 62.4 cm³/mol. The van der Waals surface area contributed by atoms with Crippen LogP contribution in [0, 0.1) is 6.92 Å². The molecule has 1 heterocycles. The summed E-state index contributed by atoms with van der Waals surface area (Å²) in [5, 5.41) is 19.8. The van der Waals surface area contributed by atoms with Crippen LogP contribution in [0.25, 0.3) is 0 Å². The highest BCUT2D eigenvalue weighted by Gasteiger charge is 2.14. The lowest BCUT2D eigenvalue weighted by Crippen LogP contribution is -2.30. The highest BCUT2D eigenvalue weighted by Crippen LogP contribution is 2.05. The van der Waals surface area contributed by atoms with E-state index in [1.165, 1.54) is 6.07 Å². The van der Waals surface area contributed by atoms with Crippen LogP contribution in [0.5, 0.6) is 0 Å². The molecule has 0 spiro atoms. The molecule has 0 radical (unpaired) electrons. The maximum atomic E-state index is 11.6. The van der Waals surface area contributed by atoms with Crippen LogP contribution < -0.4 is 5.32 Å². The van der Waals surface area contributed by atoms with Gasteiger partial charge in [0.1, 0.15) is 5.69 Å². The third-order valence-electron chi connectivity index (χ3n) is 2.05. The molecule has 18 heavy (non-hydrogen) atoms. The lowest BCUT2D eigenvalue weighted by atomic mass is 10.2. The fourth-order valence-corrected chi connectivity index (χ4v) is 1.41. The van der Waals surface area contributed by atoms with Crippen LogP contribution in [-0.2, 0) is 4.79 Å². The second-order valence-electron chi connectivity index (χ2n) is 3.56. The first-order valence-corrected chi connectivity index (χ1v) is 5.48. The van der Waals surface area contributed by atoms with E-state index in [1.807, 2.05) is 0 Å². The van der Waals surface area contributed by atoms with Crippen molar-refractivity contribution in [2.24, 2.45) is 0 Å². The molecule has 7 nitrogen and oxygen atoms in total. The Morgan fingerprint density at radius 2 is 2.17 bits per heavy atom. The molecule has 0 aromatic carbocycles. The number of carboxylic acids is 1. The maximum Gasteiger partial charge on any atom is 0.332 e. The van der Waals surface area contributed by atoms with E-state index in [-0.39, 0.29) is 23.9 Å². The summed E-state index contributed by atoms with van der Waals surface area (Å²) in [4.78, 5) is 29.5. The molecule has 0 bridgehead atoms. The molecule has 1 amide bonds. The van der Waals surface area contributed by atoms with E-state index in [0.29, 0.717) is 5.69 Å². The van der Waals surface area contributed by atoms with Crippen molar-refractivity contribution in [2.45, 2.75) is 19.4 Å². The Balaban J connectivity index is 2.53. The van der Waals surface area contributed by atoms with Gasteiger partial charge in [0, 0.05) is 18.7 Å². The van der Waals surface area contributed by atoms with Gasteiger partial charge in [0.05, 0.1) is 0 Å². The third kappa shape index (κ3) is 4.27. The Morgan fingerprint density at radius 1 is 1.50 bits per heavy atom. The average Bonchev–Trinajstić information content (AvgIpc) is 2.27. The number of amides is 1. The van der Waals surface area contributed by atoms with E-state index in [1.54, 1.807) is 6.92 Å². The second kappa shape index (κ2) is 6.27. The van der Waals surface area contributed by atoms with E-state index in [4.69, 9.17) is 21.8 Å². The van der Waals surface area contributed by atoms with E-state index < -0.39 is 18.0 Å². The standard InChI is InChI=1S/C10H12ClN3O4/c1-5-4-6(14-10(11)13-5)8(16)12-3-2-7(15)9(17)18/h4,7,15H,2-3H2,1H3,(H,12,16)(H,17,18)/t7-/m0/s1. The smallest absolute Gasteiger partial charge is 0.332 e. The van der Waals surface area contributed by atoms with Crippen molar-refractivity contribution in [3.8, 4) is 0 Å².